The zero-order valence-corrected chi connectivity index (χ0v) is 10.8. The Morgan fingerprint density at radius 3 is 2.61 bits per heavy atom. The van der Waals surface area contributed by atoms with Crippen molar-refractivity contribution in [3.63, 3.8) is 0 Å². The third-order valence-corrected chi connectivity index (χ3v) is 3.42. The Hall–Kier alpha value is -1.58. The summed E-state index contributed by atoms with van der Waals surface area (Å²) in [5.41, 5.74) is -0.304. The standard InChI is InChI=1S/C11H9ClFNO3S/c1-3-7(2)14-11(15)9-5-4-8(6-10(9)13)18(12,16)17/h1,4-7H,2H3,(H,14,15). The van der Waals surface area contributed by atoms with Gasteiger partial charge in [-0.1, -0.05) is 5.92 Å². The summed E-state index contributed by atoms with van der Waals surface area (Å²) in [7, 11) is 1.02. The van der Waals surface area contributed by atoms with Gasteiger partial charge in [-0.15, -0.1) is 6.42 Å². The van der Waals surface area contributed by atoms with Gasteiger partial charge in [-0.25, -0.2) is 12.8 Å². The smallest absolute Gasteiger partial charge is 0.261 e. The van der Waals surface area contributed by atoms with Crippen molar-refractivity contribution in [2.45, 2.75) is 17.9 Å². The Bertz CT molecular complexity index is 622. The Labute approximate surface area is 109 Å². The summed E-state index contributed by atoms with van der Waals surface area (Å²) in [5, 5.41) is 2.35. The molecule has 1 unspecified atom stereocenters. The van der Waals surface area contributed by atoms with Crippen LogP contribution in [-0.4, -0.2) is 20.4 Å². The molecule has 0 aromatic heterocycles. The first-order valence-electron chi connectivity index (χ1n) is 4.77. The zero-order valence-electron chi connectivity index (χ0n) is 9.28. The van der Waals surface area contributed by atoms with Crippen molar-refractivity contribution in [3.05, 3.63) is 29.6 Å². The zero-order chi connectivity index (χ0) is 13.9. The lowest BCUT2D eigenvalue weighted by atomic mass is 10.2. The van der Waals surface area contributed by atoms with E-state index in [0.717, 1.165) is 12.1 Å². The molecule has 1 amide bonds. The SMILES string of the molecule is C#CC(C)NC(=O)c1ccc(S(=O)(=O)Cl)cc1F. The second kappa shape index (κ2) is 5.38. The monoisotopic (exact) mass is 289 g/mol. The van der Waals surface area contributed by atoms with Crippen molar-refractivity contribution in [3.8, 4) is 12.3 Å². The van der Waals surface area contributed by atoms with Crippen LogP contribution in [-0.2, 0) is 9.05 Å². The first kappa shape index (κ1) is 14.5. The first-order valence-corrected chi connectivity index (χ1v) is 7.08. The molecule has 0 saturated heterocycles. The molecule has 96 valence electrons. The van der Waals surface area contributed by atoms with E-state index in [-0.39, 0.29) is 5.56 Å². The number of terminal acetylenes is 1. The largest absolute Gasteiger partial charge is 0.339 e. The molecule has 1 N–H and O–H groups in total. The van der Waals surface area contributed by atoms with Crippen LogP contribution >= 0.6 is 10.7 Å². The second-order valence-corrected chi connectivity index (χ2v) is 6.01. The van der Waals surface area contributed by atoms with Crippen LogP contribution in [0.25, 0.3) is 0 Å². The van der Waals surface area contributed by atoms with Crippen LogP contribution in [0.2, 0.25) is 0 Å². The number of carbonyl (C=O) groups is 1. The van der Waals surface area contributed by atoms with E-state index in [2.05, 4.69) is 11.2 Å². The summed E-state index contributed by atoms with van der Waals surface area (Å²) in [6.07, 6.45) is 5.06. The first-order chi connectivity index (χ1) is 8.25. The Kier molecular flexibility index (Phi) is 4.33. The van der Waals surface area contributed by atoms with E-state index < -0.39 is 31.7 Å². The van der Waals surface area contributed by atoms with Crippen LogP contribution < -0.4 is 5.32 Å². The van der Waals surface area contributed by atoms with Crippen molar-refractivity contribution in [2.24, 2.45) is 0 Å². The van der Waals surface area contributed by atoms with Crippen LogP contribution in [0.3, 0.4) is 0 Å². The maximum absolute atomic E-state index is 13.5. The van der Waals surface area contributed by atoms with Gasteiger partial charge in [-0.2, -0.15) is 0 Å². The Balaban J connectivity index is 3.08. The highest BCUT2D eigenvalue weighted by Gasteiger charge is 2.17. The highest BCUT2D eigenvalue weighted by atomic mass is 35.7. The van der Waals surface area contributed by atoms with Crippen LogP contribution in [0.5, 0.6) is 0 Å². The maximum atomic E-state index is 13.5. The fourth-order valence-corrected chi connectivity index (χ4v) is 1.91. The molecule has 0 spiro atoms. The van der Waals surface area contributed by atoms with E-state index in [1.54, 1.807) is 6.92 Å². The van der Waals surface area contributed by atoms with Crippen molar-refractivity contribution in [1.82, 2.24) is 5.32 Å². The van der Waals surface area contributed by atoms with Crippen LogP contribution in [0.4, 0.5) is 4.39 Å². The number of halogens is 2. The van der Waals surface area contributed by atoms with E-state index in [4.69, 9.17) is 17.1 Å². The van der Waals surface area contributed by atoms with E-state index in [9.17, 15) is 17.6 Å². The number of carbonyl (C=O) groups excluding carboxylic acids is 1. The molecule has 4 nitrogen and oxygen atoms in total. The summed E-state index contributed by atoms with van der Waals surface area (Å²) < 4.78 is 35.5. The number of nitrogens with one attached hydrogen (secondary N) is 1. The van der Waals surface area contributed by atoms with Crippen molar-refractivity contribution in [1.29, 1.82) is 0 Å². The third-order valence-electron chi connectivity index (χ3n) is 2.06. The van der Waals surface area contributed by atoms with Gasteiger partial charge in [-0.05, 0) is 25.1 Å². The minimum atomic E-state index is -4.03. The lowest BCUT2D eigenvalue weighted by Crippen LogP contribution is -2.31. The molecule has 7 heteroatoms. The average molecular weight is 290 g/mol. The van der Waals surface area contributed by atoms with Gasteiger partial charge in [0, 0.05) is 10.7 Å². The molecule has 0 radical (unpaired) electrons. The minimum absolute atomic E-state index is 0.304. The molecule has 1 rings (SSSR count). The molecule has 0 bridgehead atoms. The summed E-state index contributed by atoms with van der Waals surface area (Å²) in [4.78, 5) is 11.2. The van der Waals surface area contributed by atoms with Crippen LogP contribution in [0.1, 0.15) is 17.3 Å². The van der Waals surface area contributed by atoms with E-state index >= 15 is 0 Å². The average Bonchev–Trinajstić information content (AvgIpc) is 2.27. The van der Waals surface area contributed by atoms with Gasteiger partial charge in [0.2, 0.25) is 0 Å². The van der Waals surface area contributed by atoms with Gasteiger partial charge in [0.15, 0.2) is 0 Å². The predicted octanol–water partition coefficient (Wildman–Crippen LogP) is 1.50. The lowest BCUT2D eigenvalue weighted by molar-refractivity contribution is 0.0944. The topological polar surface area (TPSA) is 63.2 Å². The van der Waals surface area contributed by atoms with Crippen molar-refractivity contribution >= 4 is 25.6 Å². The normalized spacial score (nSPS) is 12.6. The Morgan fingerprint density at radius 2 is 2.17 bits per heavy atom. The molecular weight excluding hydrogens is 281 g/mol. The molecular formula is C11H9ClFNO3S. The van der Waals surface area contributed by atoms with Gasteiger partial charge in [0.25, 0.3) is 15.0 Å². The molecule has 1 atom stereocenters. The molecule has 0 aliphatic heterocycles. The van der Waals surface area contributed by atoms with Gasteiger partial charge in [-0.3, -0.25) is 4.79 Å². The molecule has 0 saturated carbocycles. The van der Waals surface area contributed by atoms with E-state index in [1.165, 1.54) is 0 Å². The van der Waals surface area contributed by atoms with Crippen LogP contribution in [0.15, 0.2) is 23.1 Å². The molecule has 1 aromatic rings. The quantitative estimate of drug-likeness (QED) is 0.677. The van der Waals surface area contributed by atoms with Gasteiger partial charge in [0.1, 0.15) is 5.82 Å². The summed E-state index contributed by atoms with van der Waals surface area (Å²) in [6, 6.07) is 2.19. The molecule has 0 fully saturated rings. The number of rotatable bonds is 3. The highest BCUT2D eigenvalue weighted by Crippen LogP contribution is 2.18. The number of hydrogen-bond donors (Lipinski definition) is 1. The van der Waals surface area contributed by atoms with Crippen LogP contribution in [0, 0.1) is 18.2 Å². The van der Waals surface area contributed by atoms with E-state index in [1.807, 2.05) is 0 Å². The Morgan fingerprint density at radius 1 is 1.56 bits per heavy atom. The summed E-state index contributed by atoms with van der Waals surface area (Å²) in [5.74, 6) is 0.536. The fourth-order valence-electron chi connectivity index (χ4n) is 1.15. The van der Waals surface area contributed by atoms with Crippen molar-refractivity contribution < 1.29 is 17.6 Å². The van der Waals surface area contributed by atoms with Gasteiger partial charge >= 0.3 is 0 Å². The van der Waals surface area contributed by atoms with Gasteiger partial charge in [0.05, 0.1) is 16.5 Å². The fraction of sp³-hybridized carbons (Fsp3) is 0.182. The number of hydrogen-bond acceptors (Lipinski definition) is 3. The summed E-state index contributed by atoms with van der Waals surface area (Å²) >= 11 is 0. The maximum Gasteiger partial charge on any atom is 0.261 e. The van der Waals surface area contributed by atoms with Gasteiger partial charge < -0.3 is 5.32 Å². The van der Waals surface area contributed by atoms with E-state index in [0.29, 0.717) is 6.07 Å². The summed E-state index contributed by atoms with van der Waals surface area (Å²) in [6.45, 7) is 1.55. The predicted molar refractivity (Wildman–Crippen MR) is 65.2 cm³/mol. The molecule has 1 aromatic carbocycles. The second-order valence-electron chi connectivity index (χ2n) is 3.44. The molecule has 18 heavy (non-hydrogen) atoms. The highest BCUT2D eigenvalue weighted by molar-refractivity contribution is 8.13. The number of amides is 1. The molecule has 0 heterocycles. The minimum Gasteiger partial charge on any atom is -0.339 e. The van der Waals surface area contributed by atoms with Crippen molar-refractivity contribution in [2.75, 3.05) is 0 Å². The third kappa shape index (κ3) is 3.45. The lowest BCUT2D eigenvalue weighted by Gasteiger charge is -2.08. The number of benzene rings is 1. The molecule has 0 aliphatic carbocycles. The molecule has 0 aliphatic rings.